The first kappa shape index (κ1) is 20.0. The molecule has 30 heavy (non-hydrogen) atoms. The van der Waals surface area contributed by atoms with E-state index in [-0.39, 0.29) is 17.0 Å². The average Bonchev–Trinajstić information content (AvgIpc) is 3.04. The molecule has 0 fully saturated rings. The van der Waals surface area contributed by atoms with Crippen molar-refractivity contribution >= 4 is 11.6 Å². The summed E-state index contributed by atoms with van der Waals surface area (Å²) in [5.41, 5.74) is 0.949. The summed E-state index contributed by atoms with van der Waals surface area (Å²) in [6.07, 6.45) is -1.53. The summed E-state index contributed by atoms with van der Waals surface area (Å²) >= 11 is 0. The van der Waals surface area contributed by atoms with Crippen molar-refractivity contribution in [1.29, 1.82) is 0 Å². The van der Waals surface area contributed by atoms with Crippen molar-refractivity contribution in [2.45, 2.75) is 26.2 Å². The first-order valence-corrected chi connectivity index (χ1v) is 9.42. The highest BCUT2D eigenvalue weighted by molar-refractivity contribution is 6.11. The van der Waals surface area contributed by atoms with Crippen molar-refractivity contribution in [2.75, 3.05) is 13.2 Å². The number of halogens is 3. The van der Waals surface area contributed by atoms with Crippen molar-refractivity contribution in [2.24, 2.45) is 5.10 Å². The summed E-state index contributed by atoms with van der Waals surface area (Å²) in [6, 6.07) is 5.29. The van der Waals surface area contributed by atoms with Gasteiger partial charge in [-0.25, -0.2) is 5.01 Å². The lowest BCUT2D eigenvalue weighted by atomic mass is 9.99. The molecule has 4 rings (SSSR count). The Morgan fingerprint density at radius 2 is 2.03 bits per heavy atom. The average molecular weight is 418 g/mol. The normalized spacial score (nSPS) is 21.2. The van der Waals surface area contributed by atoms with Crippen molar-refractivity contribution in [3.8, 4) is 0 Å². The fraction of sp³-hybridized carbons (Fsp3) is 0.300. The van der Waals surface area contributed by atoms with E-state index in [1.807, 2.05) is 0 Å². The van der Waals surface area contributed by atoms with Crippen LogP contribution in [0.15, 0.2) is 64.3 Å². The smallest absolute Gasteiger partial charge is 0.362 e. The minimum Gasteiger partial charge on any atom is -0.362 e. The molecule has 7 nitrogen and oxygen atoms in total. The van der Waals surface area contributed by atoms with E-state index >= 15 is 0 Å². The number of hydrazone groups is 1. The van der Waals surface area contributed by atoms with Crippen LogP contribution in [-0.4, -0.2) is 36.0 Å². The number of amides is 1. The molecule has 3 heterocycles. The zero-order valence-corrected chi connectivity index (χ0v) is 16.4. The highest BCUT2D eigenvalue weighted by atomic mass is 19.4. The molecule has 0 aliphatic carbocycles. The number of allylic oxidation sites excluding steroid dienone is 2. The summed E-state index contributed by atoms with van der Waals surface area (Å²) in [5, 5.41) is 17.9. The first-order valence-electron chi connectivity index (χ1n) is 9.42. The van der Waals surface area contributed by atoms with Crippen molar-refractivity contribution in [3.63, 3.8) is 0 Å². The third kappa shape index (κ3) is 3.65. The number of nitrogens with zero attached hydrogens (tertiary/aromatic N) is 2. The molecule has 3 aliphatic heterocycles. The minimum absolute atomic E-state index is 0.0326. The second kappa shape index (κ2) is 7.52. The Labute approximate surface area is 171 Å². The maximum Gasteiger partial charge on any atom is 0.417 e. The van der Waals surface area contributed by atoms with Crippen LogP contribution >= 0.6 is 0 Å². The molecule has 0 aromatic heterocycles. The molecule has 0 saturated heterocycles. The van der Waals surface area contributed by atoms with Crippen LogP contribution in [0.1, 0.15) is 25.0 Å². The highest BCUT2D eigenvalue weighted by Gasteiger charge is 2.39. The standard InChI is InChI=1S/C20H21F3N6O/c1-11-9-15(13-5-3-4-6-14(13)20(21,22)23)28-29-17(12(2)26-18(11)29)19(30)27-16-7-8-24-10-25-16/h3-7,9,18,24-26H,8,10H2,1-2H3,(H,27,30). The van der Waals surface area contributed by atoms with Crippen LogP contribution in [0.2, 0.25) is 0 Å². The van der Waals surface area contributed by atoms with Crippen LogP contribution in [0, 0.1) is 0 Å². The highest BCUT2D eigenvalue weighted by Crippen LogP contribution is 2.35. The SMILES string of the molecule is CC1=CC(c2ccccc2C(F)(F)F)=NN2C(C(=O)NC3=CCNCN3)=C(C)NC12. The molecule has 3 aliphatic rings. The number of nitrogens with one attached hydrogen (secondary N) is 4. The number of fused-ring (bicyclic) bond motifs is 1. The van der Waals surface area contributed by atoms with E-state index in [9.17, 15) is 18.0 Å². The van der Waals surface area contributed by atoms with Gasteiger partial charge in [-0.15, -0.1) is 0 Å². The number of alkyl halides is 3. The Bertz CT molecular complexity index is 1010. The van der Waals surface area contributed by atoms with Crippen molar-refractivity contribution in [1.82, 2.24) is 26.3 Å². The molecule has 158 valence electrons. The van der Waals surface area contributed by atoms with Crippen molar-refractivity contribution in [3.05, 3.63) is 70.3 Å². The Kier molecular flexibility index (Phi) is 5.02. The fourth-order valence-electron chi connectivity index (χ4n) is 3.60. The Balaban J connectivity index is 1.69. The van der Waals surface area contributed by atoms with E-state index in [0.717, 1.165) is 11.6 Å². The molecular formula is C20H21F3N6O. The lowest BCUT2D eigenvalue weighted by molar-refractivity contribution is -0.137. The molecule has 1 aromatic rings. The van der Waals surface area contributed by atoms with Crippen LogP contribution in [0.4, 0.5) is 13.2 Å². The van der Waals surface area contributed by atoms with Gasteiger partial charge in [0.1, 0.15) is 17.7 Å². The van der Waals surface area contributed by atoms with Gasteiger partial charge < -0.3 is 16.0 Å². The third-order valence-corrected chi connectivity index (χ3v) is 5.02. The summed E-state index contributed by atoms with van der Waals surface area (Å²) < 4.78 is 40.5. The van der Waals surface area contributed by atoms with Gasteiger partial charge in [-0.3, -0.25) is 10.1 Å². The second-order valence-electron chi connectivity index (χ2n) is 7.16. The van der Waals surface area contributed by atoms with E-state index in [4.69, 9.17) is 0 Å². The number of carbonyl (C=O) groups is 1. The van der Waals surface area contributed by atoms with E-state index < -0.39 is 23.8 Å². The zero-order chi connectivity index (χ0) is 21.5. The molecule has 0 bridgehead atoms. The summed E-state index contributed by atoms with van der Waals surface area (Å²) in [4.78, 5) is 12.9. The largest absolute Gasteiger partial charge is 0.417 e. The number of carbonyl (C=O) groups excluding carboxylic acids is 1. The molecular weight excluding hydrogens is 397 g/mol. The first-order chi connectivity index (χ1) is 14.3. The maximum atomic E-state index is 13.5. The zero-order valence-electron chi connectivity index (χ0n) is 16.4. The lowest BCUT2D eigenvalue weighted by Gasteiger charge is -2.29. The Hall–Kier alpha value is -3.27. The van der Waals surface area contributed by atoms with Gasteiger partial charge >= 0.3 is 6.18 Å². The number of rotatable bonds is 3. The van der Waals surface area contributed by atoms with Crippen LogP contribution in [0.5, 0.6) is 0 Å². The molecule has 0 saturated carbocycles. The van der Waals surface area contributed by atoms with E-state index in [1.165, 1.54) is 23.2 Å². The lowest BCUT2D eigenvalue weighted by Crippen LogP contribution is -2.44. The summed E-state index contributed by atoms with van der Waals surface area (Å²) in [6.45, 7) is 4.67. The molecule has 1 aromatic carbocycles. The van der Waals surface area contributed by atoms with Crippen LogP contribution in [0.25, 0.3) is 0 Å². The molecule has 1 unspecified atom stereocenters. The van der Waals surface area contributed by atoms with Crippen molar-refractivity contribution < 1.29 is 18.0 Å². The number of hydrogen-bond donors (Lipinski definition) is 4. The van der Waals surface area contributed by atoms with Gasteiger partial charge in [-0.05, 0) is 37.6 Å². The van der Waals surface area contributed by atoms with Gasteiger partial charge in [-0.1, -0.05) is 18.2 Å². The van der Waals surface area contributed by atoms with Crippen LogP contribution in [0.3, 0.4) is 0 Å². The third-order valence-electron chi connectivity index (χ3n) is 5.02. The van der Waals surface area contributed by atoms with Gasteiger partial charge in [0, 0.05) is 17.8 Å². The Morgan fingerprint density at radius 1 is 1.27 bits per heavy atom. The second-order valence-corrected chi connectivity index (χ2v) is 7.16. The summed E-state index contributed by atoms with van der Waals surface area (Å²) in [5.74, 6) is 0.170. The van der Waals surface area contributed by atoms with E-state index in [2.05, 4.69) is 26.4 Å². The van der Waals surface area contributed by atoms with Crippen LogP contribution < -0.4 is 21.3 Å². The minimum atomic E-state index is -4.51. The van der Waals surface area contributed by atoms with Gasteiger partial charge in [0.15, 0.2) is 0 Å². The quantitative estimate of drug-likeness (QED) is 0.603. The predicted molar refractivity (Wildman–Crippen MR) is 105 cm³/mol. The van der Waals surface area contributed by atoms with Gasteiger partial charge in [-0.2, -0.15) is 18.3 Å². The van der Waals surface area contributed by atoms with Gasteiger partial charge in [0.25, 0.3) is 5.91 Å². The monoisotopic (exact) mass is 418 g/mol. The van der Waals surface area contributed by atoms with Gasteiger partial charge in [0.2, 0.25) is 0 Å². The van der Waals surface area contributed by atoms with E-state index in [0.29, 0.717) is 24.7 Å². The maximum absolute atomic E-state index is 13.5. The summed E-state index contributed by atoms with van der Waals surface area (Å²) in [7, 11) is 0. The van der Waals surface area contributed by atoms with Crippen LogP contribution in [-0.2, 0) is 11.0 Å². The number of benzene rings is 1. The Morgan fingerprint density at radius 3 is 2.73 bits per heavy atom. The topological polar surface area (TPSA) is 80.8 Å². The molecule has 0 spiro atoms. The molecule has 10 heteroatoms. The molecule has 1 amide bonds. The molecule has 4 N–H and O–H groups in total. The molecule has 0 radical (unpaired) electrons. The number of hydrogen-bond acceptors (Lipinski definition) is 6. The predicted octanol–water partition coefficient (Wildman–Crippen LogP) is 1.94. The molecule has 1 atom stereocenters. The van der Waals surface area contributed by atoms with Gasteiger partial charge in [0.05, 0.1) is 17.9 Å². The fourth-order valence-corrected chi connectivity index (χ4v) is 3.60. The van der Waals surface area contributed by atoms with E-state index in [1.54, 1.807) is 26.0 Å².